The Morgan fingerprint density at radius 2 is 1.77 bits per heavy atom. The van der Waals surface area contributed by atoms with Gasteiger partial charge in [-0.3, -0.25) is 0 Å². The SMILES string of the molecule is C=C(O)c1cccc(C2=C(c3cc(C(F)(F)F)ccc3C)CCCC2)n1. The fourth-order valence-electron chi connectivity index (χ4n) is 3.37. The lowest BCUT2D eigenvalue weighted by Crippen LogP contribution is -2.08. The molecule has 1 aliphatic rings. The topological polar surface area (TPSA) is 33.1 Å². The molecular formula is C21H20F3NO. The van der Waals surface area contributed by atoms with E-state index in [-0.39, 0.29) is 5.76 Å². The van der Waals surface area contributed by atoms with Crippen molar-refractivity contribution in [2.45, 2.75) is 38.8 Å². The van der Waals surface area contributed by atoms with Gasteiger partial charge in [-0.25, -0.2) is 4.98 Å². The first kappa shape index (κ1) is 18.2. The van der Waals surface area contributed by atoms with Crippen LogP contribution in [-0.4, -0.2) is 10.1 Å². The lowest BCUT2D eigenvalue weighted by atomic mass is 9.83. The molecule has 2 aromatic rings. The van der Waals surface area contributed by atoms with Gasteiger partial charge in [0.1, 0.15) is 11.5 Å². The third-order valence-corrected chi connectivity index (χ3v) is 4.71. The van der Waals surface area contributed by atoms with Crippen LogP contribution in [0.1, 0.15) is 53.8 Å². The van der Waals surface area contributed by atoms with E-state index >= 15 is 0 Å². The zero-order chi connectivity index (χ0) is 18.9. The highest BCUT2D eigenvalue weighted by Crippen LogP contribution is 2.40. The molecule has 0 atom stereocenters. The molecule has 0 fully saturated rings. The number of aliphatic hydroxyl groups is 1. The van der Waals surface area contributed by atoms with E-state index in [2.05, 4.69) is 11.6 Å². The smallest absolute Gasteiger partial charge is 0.416 e. The van der Waals surface area contributed by atoms with E-state index < -0.39 is 11.7 Å². The van der Waals surface area contributed by atoms with Gasteiger partial charge in [-0.1, -0.05) is 18.7 Å². The fourth-order valence-corrected chi connectivity index (χ4v) is 3.37. The van der Waals surface area contributed by atoms with Crippen LogP contribution in [0.3, 0.4) is 0 Å². The van der Waals surface area contributed by atoms with Gasteiger partial charge in [-0.05, 0) is 79.1 Å². The Bertz CT molecular complexity index is 881. The van der Waals surface area contributed by atoms with Gasteiger partial charge in [0, 0.05) is 0 Å². The number of aryl methyl sites for hydroxylation is 1. The van der Waals surface area contributed by atoms with Crippen molar-refractivity contribution < 1.29 is 18.3 Å². The molecule has 136 valence electrons. The molecule has 0 unspecified atom stereocenters. The summed E-state index contributed by atoms with van der Waals surface area (Å²) >= 11 is 0. The molecule has 0 amide bonds. The van der Waals surface area contributed by atoms with E-state index in [0.717, 1.165) is 42.0 Å². The van der Waals surface area contributed by atoms with Crippen molar-refractivity contribution in [3.8, 4) is 0 Å². The second kappa shape index (κ2) is 6.98. The molecule has 0 aliphatic heterocycles. The average Bonchev–Trinajstić information content (AvgIpc) is 2.61. The Morgan fingerprint density at radius 1 is 1.08 bits per heavy atom. The minimum absolute atomic E-state index is 0.125. The van der Waals surface area contributed by atoms with Gasteiger partial charge in [0.05, 0.1) is 11.3 Å². The van der Waals surface area contributed by atoms with Crippen LogP contribution in [0.15, 0.2) is 43.0 Å². The minimum atomic E-state index is -4.37. The van der Waals surface area contributed by atoms with Gasteiger partial charge in [-0.15, -0.1) is 0 Å². The molecule has 1 aliphatic carbocycles. The molecule has 0 spiro atoms. The quantitative estimate of drug-likeness (QED) is 0.641. The molecule has 3 rings (SSSR count). The van der Waals surface area contributed by atoms with Gasteiger partial charge < -0.3 is 5.11 Å². The van der Waals surface area contributed by atoms with Gasteiger partial charge in [-0.2, -0.15) is 13.2 Å². The Kier molecular flexibility index (Phi) is 4.90. The molecule has 0 saturated carbocycles. The number of alkyl halides is 3. The van der Waals surface area contributed by atoms with Crippen molar-refractivity contribution in [1.82, 2.24) is 4.98 Å². The second-order valence-electron chi connectivity index (χ2n) is 6.55. The third kappa shape index (κ3) is 3.66. The predicted molar refractivity (Wildman–Crippen MR) is 97.4 cm³/mol. The van der Waals surface area contributed by atoms with E-state index in [9.17, 15) is 18.3 Å². The number of hydrogen-bond donors (Lipinski definition) is 1. The number of nitrogens with zero attached hydrogens (tertiary/aromatic N) is 1. The normalized spacial score (nSPS) is 15.2. The standard InChI is InChI=1S/C21H20F3NO/c1-13-10-11-15(21(22,23)24)12-18(13)16-6-3-4-7-17(16)20-9-5-8-19(25-20)14(2)26/h5,8-12,26H,2-4,6-7H2,1H3. The summed E-state index contributed by atoms with van der Waals surface area (Å²) in [4.78, 5) is 4.44. The van der Waals surface area contributed by atoms with Crippen molar-refractivity contribution in [3.63, 3.8) is 0 Å². The lowest BCUT2D eigenvalue weighted by molar-refractivity contribution is -0.137. The minimum Gasteiger partial charge on any atom is -0.506 e. The van der Waals surface area contributed by atoms with E-state index in [0.29, 0.717) is 23.4 Å². The van der Waals surface area contributed by atoms with Crippen LogP contribution in [-0.2, 0) is 6.18 Å². The molecule has 1 heterocycles. The van der Waals surface area contributed by atoms with Crippen molar-refractivity contribution in [2.75, 3.05) is 0 Å². The van der Waals surface area contributed by atoms with Crippen molar-refractivity contribution in [2.24, 2.45) is 0 Å². The first-order valence-electron chi connectivity index (χ1n) is 8.53. The van der Waals surface area contributed by atoms with E-state index in [1.807, 2.05) is 13.0 Å². The van der Waals surface area contributed by atoms with Crippen molar-refractivity contribution >= 4 is 16.9 Å². The van der Waals surface area contributed by atoms with Gasteiger partial charge >= 0.3 is 6.18 Å². The monoisotopic (exact) mass is 359 g/mol. The molecule has 26 heavy (non-hydrogen) atoms. The molecule has 1 N–H and O–H groups in total. The van der Waals surface area contributed by atoms with E-state index in [1.54, 1.807) is 12.1 Å². The van der Waals surface area contributed by atoms with Crippen LogP contribution < -0.4 is 0 Å². The van der Waals surface area contributed by atoms with Gasteiger partial charge in [0.2, 0.25) is 0 Å². The predicted octanol–water partition coefficient (Wildman–Crippen LogP) is 6.42. The highest BCUT2D eigenvalue weighted by molar-refractivity contribution is 5.91. The number of aliphatic hydroxyl groups excluding tert-OH is 1. The first-order valence-corrected chi connectivity index (χ1v) is 8.53. The summed E-state index contributed by atoms with van der Waals surface area (Å²) in [5.41, 5.74) is 3.72. The van der Waals surface area contributed by atoms with Crippen LogP contribution in [0.4, 0.5) is 13.2 Å². The van der Waals surface area contributed by atoms with Crippen LogP contribution in [0, 0.1) is 6.92 Å². The fraction of sp³-hybridized carbons (Fsp3) is 0.286. The van der Waals surface area contributed by atoms with Crippen LogP contribution >= 0.6 is 0 Å². The second-order valence-corrected chi connectivity index (χ2v) is 6.55. The number of hydrogen-bond acceptors (Lipinski definition) is 2. The summed E-state index contributed by atoms with van der Waals surface area (Å²) in [6.07, 6.45) is -1.02. The zero-order valence-corrected chi connectivity index (χ0v) is 14.5. The van der Waals surface area contributed by atoms with Crippen LogP contribution in [0.25, 0.3) is 16.9 Å². The maximum absolute atomic E-state index is 13.2. The number of rotatable bonds is 3. The first-order chi connectivity index (χ1) is 12.3. The summed E-state index contributed by atoms with van der Waals surface area (Å²) in [5.74, 6) is -0.125. The van der Waals surface area contributed by atoms with Crippen LogP contribution in [0.2, 0.25) is 0 Å². The summed E-state index contributed by atoms with van der Waals surface area (Å²) in [6.45, 7) is 5.32. The van der Waals surface area contributed by atoms with Crippen LogP contribution in [0.5, 0.6) is 0 Å². The van der Waals surface area contributed by atoms with Crippen molar-refractivity contribution in [1.29, 1.82) is 0 Å². The van der Waals surface area contributed by atoms with Gasteiger partial charge in [0.25, 0.3) is 0 Å². The number of pyridine rings is 1. The number of halogens is 3. The third-order valence-electron chi connectivity index (χ3n) is 4.71. The molecule has 0 bridgehead atoms. The molecule has 5 heteroatoms. The summed E-state index contributed by atoms with van der Waals surface area (Å²) < 4.78 is 39.5. The lowest BCUT2D eigenvalue weighted by Gasteiger charge is -2.23. The number of aromatic nitrogens is 1. The molecular weight excluding hydrogens is 339 g/mol. The largest absolute Gasteiger partial charge is 0.506 e. The number of allylic oxidation sites excluding steroid dienone is 2. The molecule has 2 nitrogen and oxygen atoms in total. The summed E-state index contributed by atoms with van der Waals surface area (Å²) in [7, 11) is 0. The molecule has 1 aromatic carbocycles. The summed E-state index contributed by atoms with van der Waals surface area (Å²) in [6, 6.07) is 9.15. The summed E-state index contributed by atoms with van der Waals surface area (Å²) in [5, 5.41) is 9.60. The Morgan fingerprint density at radius 3 is 2.42 bits per heavy atom. The number of benzene rings is 1. The van der Waals surface area contributed by atoms with Gasteiger partial charge in [0.15, 0.2) is 0 Å². The van der Waals surface area contributed by atoms with Crippen molar-refractivity contribution in [3.05, 3.63) is 71.1 Å². The highest BCUT2D eigenvalue weighted by atomic mass is 19.4. The Labute approximate surface area is 150 Å². The molecule has 1 aromatic heterocycles. The average molecular weight is 359 g/mol. The highest BCUT2D eigenvalue weighted by Gasteiger charge is 2.31. The van der Waals surface area contributed by atoms with E-state index in [1.165, 1.54) is 12.1 Å². The maximum atomic E-state index is 13.2. The maximum Gasteiger partial charge on any atom is 0.416 e. The van der Waals surface area contributed by atoms with E-state index in [4.69, 9.17) is 0 Å². The Balaban J connectivity index is 2.17. The zero-order valence-electron chi connectivity index (χ0n) is 14.5. The Hall–Kier alpha value is -2.56. The molecule has 0 radical (unpaired) electrons. The molecule has 0 saturated heterocycles.